The number of hydrogen-bond acceptors (Lipinski definition) is 6. The van der Waals surface area contributed by atoms with E-state index in [1.54, 1.807) is 25.7 Å². The van der Waals surface area contributed by atoms with Crippen LogP contribution in [0.25, 0.3) is 11.2 Å². The lowest BCUT2D eigenvalue weighted by Gasteiger charge is -2.34. The minimum Gasteiger partial charge on any atom is -0.444 e. The van der Waals surface area contributed by atoms with Gasteiger partial charge in [0.05, 0.1) is 11.1 Å². The molecule has 0 unspecified atom stereocenters. The first kappa shape index (κ1) is 20.6. The zero-order chi connectivity index (χ0) is 21.5. The second-order valence-corrected chi connectivity index (χ2v) is 8.17. The number of pyridine rings is 1. The number of likely N-dealkylation sites (tertiary alicyclic amines) is 1. The summed E-state index contributed by atoms with van der Waals surface area (Å²) in [6, 6.07) is 1.15. The molecule has 0 aliphatic carbocycles. The van der Waals surface area contributed by atoms with E-state index in [-0.39, 0.29) is 11.6 Å². The molecule has 3 rings (SSSR count). The van der Waals surface area contributed by atoms with Crippen molar-refractivity contribution in [3.8, 4) is 0 Å². The number of nitrogens with two attached hydrogens (primary N) is 1. The second-order valence-electron chi connectivity index (χ2n) is 8.17. The maximum Gasteiger partial charge on any atom is 0.410 e. The van der Waals surface area contributed by atoms with Crippen LogP contribution in [-0.2, 0) is 11.8 Å². The quantitative estimate of drug-likeness (QED) is 0.737. The van der Waals surface area contributed by atoms with Crippen molar-refractivity contribution in [1.29, 1.82) is 0 Å². The molecule has 10 nitrogen and oxygen atoms in total. The molecule has 0 radical (unpaired) electrons. The molecule has 3 heterocycles. The fraction of sp³-hybridized carbons (Fsp3) is 0.526. The molecule has 0 aromatic carbocycles. The number of rotatable bonds is 2. The van der Waals surface area contributed by atoms with E-state index in [9.17, 15) is 19.2 Å². The van der Waals surface area contributed by atoms with E-state index in [1.807, 2.05) is 0 Å². The summed E-state index contributed by atoms with van der Waals surface area (Å²) < 4.78 is 7.93. The molecule has 1 aliphatic heterocycles. The predicted octanol–water partition coefficient (Wildman–Crippen LogP) is 0.766. The highest BCUT2D eigenvalue weighted by Gasteiger charge is 2.29. The van der Waals surface area contributed by atoms with Crippen LogP contribution in [0.3, 0.4) is 0 Å². The highest BCUT2D eigenvalue weighted by Crippen LogP contribution is 2.25. The zero-order valence-corrected chi connectivity index (χ0v) is 17.0. The molecule has 0 spiro atoms. The molecule has 1 saturated heterocycles. The summed E-state index contributed by atoms with van der Waals surface area (Å²) in [5.41, 5.74) is 4.12. The Labute approximate surface area is 166 Å². The molecule has 156 valence electrons. The van der Waals surface area contributed by atoms with Crippen molar-refractivity contribution in [1.82, 2.24) is 19.0 Å². The Hall–Kier alpha value is -3.17. The molecule has 1 fully saturated rings. The summed E-state index contributed by atoms with van der Waals surface area (Å²) in [5.74, 6) is -0.671. The van der Waals surface area contributed by atoms with Gasteiger partial charge in [-0.2, -0.15) is 0 Å². The van der Waals surface area contributed by atoms with Crippen LogP contribution in [0.5, 0.6) is 0 Å². The van der Waals surface area contributed by atoms with E-state index >= 15 is 0 Å². The molecular weight excluding hydrogens is 378 g/mol. The minimum atomic E-state index is -0.713. The summed E-state index contributed by atoms with van der Waals surface area (Å²) in [6.07, 6.45) is 1.84. The molecular formula is C19H25N5O5. The Morgan fingerprint density at radius 1 is 1.17 bits per heavy atom. The van der Waals surface area contributed by atoms with E-state index in [1.165, 1.54) is 28.4 Å². The Kier molecular flexibility index (Phi) is 5.20. The van der Waals surface area contributed by atoms with Crippen molar-refractivity contribution < 1.29 is 14.3 Å². The average molecular weight is 403 g/mol. The lowest BCUT2D eigenvalue weighted by Crippen LogP contribution is -2.46. The van der Waals surface area contributed by atoms with Crippen molar-refractivity contribution in [3.05, 3.63) is 38.5 Å². The number of piperidine rings is 1. The van der Waals surface area contributed by atoms with Gasteiger partial charge < -0.3 is 19.9 Å². The monoisotopic (exact) mass is 403 g/mol. The Morgan fingerprint density at radius 2 is 1.79 bits per heavy atom. The van der Waals surface area contributed by atoms with Crippen molar-refractivity contribution in [2.24, 2.45) is 12.8 Å². The van der Waals surface area contributed by atoms with Gasteiger partial charge in [0.2, 0.25) is 5.91 Å². The van der Waals surface area contributed by atoms with Crippen molar-refractivity contribution >= 4 is 23.2 Å². The number of fused-ring (bicyclic) bond motifs is 1. The third-order valence-corrected chi connectivity index (χ3v) is 4.91. The lowest BCUT2D eigenvalue weighted by molar-refractivity contribution is 0.0188. The second kappa shape index (κ2) is 7.34. The molecule has 2 amide bonds. The van der Waals surface area contributed by atoms with Gasteiger partial charge in [0.15, 0.2) is 5.65 Å². The predicted molar refractivity (Wildman–Crippen MR) is 106 cm³/mol. The SMILES string of the molecule is Cn1c(=O)c(=O)n(C2CCN(C(=O)OC(C)(C)C)CC2)c2ncc(C(N)=O)cc21. The van der Waals surface area contributed by atoms with Gasteiger partial charge in [-0.25, -0.2) is 9.78 Å². The van der Waals surface area contributed by atoms with Gasteiger partial charge in [-0.1, -0.05) is 0 Å². The number of aromatic nitrogens is 3. The molecule has 2 aromatic rings. The molecule has 2 N–H and O–H groups in total. The van der Waals surface area contributed by atoms with E-state index in [0.29, 0.717) is 37.1 Å². The highest BCUT2D eigenvalue weighted by molar-refractivity contribution is 5.95. The Balaban J connectivity index is 1.95. The fourth-order valence-corrected chi connectivity index (χ4v) is 3.44. The maximum atomic E-state index is 12.7. The smallest absolute Gasteiger partial charge is 0.410 e. The van der Waals surface area contributed by atoms with Crippen molar-refractivity contribution in [2.75, 3.05) is 13.1 Å². The van der Waals surface area contributed by atoms with Gasteiger partial charge in [-0.15, -0.1) is 0 Å². The first-order chi connectivity index (χ1) is 13.5. The van der Waals surface area contributed by atoms with Crippen LogP contribution in [0.1, 0.15) is 50.0 Å². The third kappa shape index (κ3) is 4.01. The van der Waals surface area contributed by atoms with Gasteiger partial charge in [-0.05, 0) is 39.7 Å². The van der Waals surface area contributed by atoms with Crippen LogP contribution < -0.4 is 16.9 Å². The topological polar surface area (TPSA) is 130 Å². The van der Waals surface area contributed by atoms with Crippen LogP contribution in [0.2, 0.25) is 0 Å². The summed E-state index contributed by atoms with van der Waals surface area (Å²) in [5, 5.41) is 0. The summed E-state index contributed by atoms with van der Waals surface area (Å²) in [6.45, 7) is 6.18. The Morgan fingerprint density at radius 3 is 2.34 bits per heavy atom. The van der Waals surface area contributed by atoms with E-state index in [2.05, 4.69) is 4.98 Å². The minimum absolute atomic E-state index is 0.150. The van der Waals surface area contributed by atoms with Crippen molar-refractivity contribution in [3.63, 3.8) is 0 Å². The van der Waals surface area contributed by atoms with Gasteiger partial charge in [0.1, 0.15) is 5.60 Å². The third-order valence-electron chi connectivity index (χ3n) is 4.91. The van der Waals surface area contributed by atoms with Crippen molar-refractivity contribution in [2.45, 2.75) is 45.3 Å². The first-order valence-corrected chi connectivity index (χ1v) is 9.38. The lowest BCUT2D eigenvalue weighted by atomic mass is 10.0. The molecule has 10 heteroatoms. The van der Waals surface area contributed by atoms with Crippen LogP contribution >= 0.6 is 0 Å². The van der Waals surface area contributed by atoms with E-state index < -0.39 is 28.7 Å². The number of amides is 2. The number of carbonyl (C=O) groups is 2. The fourth-order valence-electron chi connectivity index (χ4n) is 3.44. The average Bonchev–Trinajstić information content (AvgIpc) is 2.65. The van der Waals surface area contributed by atoms with E-state index in [0.717, 1.165) is 0 Å². The molecule has 0 atom stereocenters. The number of nitrogens with zero attached hydrogens (tertiary/aromatic N) is 4. The standard InChI is InChI=1S/C19H25N5O5/c1-19(2,3)29-18(28)23-7-5-12(6-8-23)24-15-13(22(4)16(26)17(24)27)9-11(10-21-15)14(20)25/h9-10,12H,5-8H2,1-4H3,(H2,20,25). The number of primary amides is 1. The largest absolute Gasteiger partial charge is 0.444 e. The van der Waals surface area contributed by atoms with Crippen LogP contribution in [-0.4, -0.2) is 49.7 Å². The van der Waals surface area contributed by atoms with Gasteiger partial charge in [0.25, 0.3) is 0 Å². The summed E-state index contributed by atoms with van der Waals surface area (Å²) >= 11 is 0. The van der Waals surface area contributed by atoms with Gasteiger partial charge >= 0.3 is 17.2 Å². The van der Waals surface area contributed by atoms with Gasteiger partial charge in [-0.3, -0.25) is 19.0 Å². The van der Waals surface area contributed by atoms with E-state index in [4.69, 9.17) is 10.5 Å². The number of carbonyl (C=O) groups excluding carboxylic acids is 2. The molecule has 2 aromatic heterocycles. The summed E-state index contributed by atoms with van der Waals surface area (Å²) in [7, 11) is 1.45. The van der Waals surface area contributed by atoms with Crippen LogP contribution in [0.4, 0.5) is 4.79 Å². The maximum absolute atomic E-state index is 12.7. The number of ether oxygens (including phenoxy) is 1. The molecule has 29 heavy (non-hydrogen) atoms. The van der Waals surface area contributed by atoms with Crippen LogP contribution in [0, 0.1) is 0 Å². The molecule has 1 aliphatic rings. The summed E-state index contributed by atoms with van der Waals surface area (Å²) in [4.78, 5) is 54.7. The first-order valence-electron chi connectivity index (χ1n) is 9.38. The number of hydrogen-bond donors (Lipinski definition) is 1. The Bertz CT molecular complexity index is 1090. The molecule has 0 bridgehead atoms. The number of aryl methyl sites for hydroxylation is 1. The zero-order valence-electron chi connectivity index (χ0n) is 17.0. The van der Waals surface area contributed by atoms with Crippen LogP contribution in [0.15, 0.2) is 21.9 Å². The highest BCUT2D eigenvalue weighted by atomic mass is 16.6. The normalized spacial score (nSPS) is 15.5. The van der Waals surface area contributed by atoms with Gasteiger partial charge in [0, 0.05) is 32.4 Å². The molecule has 0 saturated carbocycles.